The minimum Gasteiger partial charge on any atom is -0.457 e. The summed E-state index contributed by atoms with van der Waals surface area (Å²) >= 11 is 5.58. The van der Waals surface area contributed by atoms with Crippen LogP contribution in [0.15, 0.2) is 36.4 Å². The first-order chi connectivity index (χ1) is 9.47. The minimum absolute atomic E-state index is 0.0171. The summed E-state index contributed by atoms with van der Waals surface area (Å²) in [6.45, 7) is 1.76. The molecule has 0 radical (unpaired) electrons. The van der Waals surface area contributed by atoms with Gasteiger partial charge in [0, 0.05) is 5.69 Å². The van der Waals surface area contributed by atoms with Crippen molar-refractivity contribution in [1.29, 1.82) is 0 Å². The number of nitrogen functional groups attached to an aromatic ring is 1. The smallest absolute Gasteiger partial charge is 0.338 e. The Bertz CT molecular complexity index is 658. The summed E-state index contributed by atoms with van der Waals surface area (Å²) in [5, 5.41) is 0.0365. The predicted molar refractivity (Wildman–Crippen MR) is 76.1 cm³/mol. The molecule has 0 saturated heterocycles. The Morgan fingerprint density at radius 3 is 2.70 bits per heavy atom. The van der Waals surface area contributed by atoms with Gasteiger partial charge in [-0.1, -0.05) is 17.7 Å². The summed E-state index contributed by atoms with van der Waals surface area (Å²) < 4.78 is 18.4. The van der Waals surface area contributed by atoms with Crippen LogP contribution < -0.4 is 5.73 Å². The number of ether oxygens (including phenoxy) is 1. The maximum atomic E-state index is 13.2. The molecule has 3 nitrogen and oxygen atoms in total. The van der Waals surface area contributed by atoms with Crippen LogP contribution in [0.2, 0.25) is 5.02 Å². The maximum Gasteiger partial charge on any atom is 0.338 e. The number of halogens is 2. The monoisotopic (exact) mass is 293 g/mol. The van der Waals surface area contributed by atoms with Crippen molar-refractivity contribution in [1.82, 2.24) is 0 Å². The van der Waals surface area contributed by atoms with E-state index >= 15 is 0 Å². The lowest BCUT2D eigenvalue weighted by molar-refractivity contribution is 0.0471. The SMILES string of the molecule is Cc1cc(N)ccc1C(=O)OCc1ccc(Cl)c(F)c1. The van der Waals surface area contributed by atoms with Gasteiger partial charge in [0.05, 0.1) is 10.6 Å². The van der Waals surface area contributed by atoms with Crippen molar-refractivity contribution >= 4 is 23.3 Å². The molecule has 0 unspecified atom stereocenters. The van der Waals surface area contributed by atoms with Gasteiger partial charge in [-0.3, -0.25) is 0 Å². The van der Waals surface area contributed by atoms with Gasteiger partial charge in [-0.05, 0) is 48.4 Å². The fourth-order valence-electron chi connectivity index (χ4n) is 1.77. The lowest BCUT2D eigenvalue weighted by atomic mass is 10.1. The normalized spacial score (nSPS) is 10.3. The van der Waals surface area contributed by atoms with E-state index in [4.69, 9.17) is 22.1 Å². The molecule has 0 aliphatic heterocycles. The van der Waals surface area contributed by atoms with Crippen LogP contribution in [0.3, 0.4) is 0 Å². The van der Waals surface area contributed by atoms with Gasteiger partial charge >= 0.3 is 5.97 Å². The largest absolute Gasteiger partial charge is 0.457 e. The van der Waals surface area contributed by atoms with E-state index in [0.29, 0.717) is 16.8 Å². The van der Waals surface area contributed by atoms with Crippen molar-refractivity contribution in [3.05, 3.63) is 63.9 Å². The van der Waals surface area contributed by atoms with Gasteiger partial charge in [-0.15, -0.1) is 0 Å². The number of hydrogen-bond acceptors (Lipinski definition) is 3. The van der Waals surface area contributed by atoms with Gasteiger partial charge in [-0.25, -0.2) is 9.18 Å². The predicted octanol–water partition coefficient (Wildman–Crippen LogP) is 3.73. The van der Waals surface area contributed by atoms with Crippen molar-refractivity contribution < 1.29 is 13.9 Å². The zero-order valence-corrected chi connectivity index (χ0v) is 11.6. The van der Waals surface area contributed by atoms with Crippen LogP contribution in [-0.2, 0) is 11.3 Å². The summed E-state index contributed by atoms with van der Waals surface area (Å²) in [7, 11) is 0. The molecule has 0 bridgehead atoms. The van der Waals surface area contributed by atoms with Gasteiger partial charge in [-0.2, -0.15) is 0 Å². The molecule has 0 atom stereocenters. The minimum atomic E-state index is -0.538. The first-order valence-corrected chi connectivity index (χ1v) is 6.32. The average Bonchev–Trinajstić information content (AvgIpc) is 2.40. The molecule has 2 aromatic rings. The number of benzene rings is 2. The Morgan fingerprint density at radius 1 is 1.30 bits per heavy atom. The molecule has 0 fully saturated rings. The van der Waals surface area contributed by atoms with Crippen molar-refractivity contribution in [2.24, 2.45) is 0 Å². The zero-order chi connectivity index (χ0) is 14.7. The standard InChI is InChI=1S/C15H13ClFNO2/c1-9-6-11(18)3-4-12(9)15(19)20-8-10-2-5-13(16)14(17)7-10/h2-7H,8,18H2,1H3. The van der Waals surface area contributed by atoms with Crippen LogP contribution >= 0.6 is 11.6 Å². The van der Waals surface area contributed by atoms with Gasteiger partial charge in [0.25, 0.3) is 0 Å². The number of esters is 1. The second-order valence-electron chi connectivity index (χ2n) is 4.40. The van der Waals surface area contributed by atoms with Crippen LogP contribution in [0.5, 0.6) is 0 Å². The maximum absolute atomic E-state index is 13.2. The zero-order valence-electron chi connectivity index (χ0n) is 10.8. The molecule has 0 amide bonds. The summed E-state index contributed by atoms with van der Waals surface area (Å²) in [6, 6.07) is 9.20. The summed E-state index contributed by atoms with van der Waals surface area (Å²) in [5.74, 6) is -1.01. The molecule has 20 heavy (non-hydrogen) atoms. The number of anilines is 1. The number of carbonyl (C=O) groups excluding carboxylic acids is 1. The van der Waals surface area contributed by atoms with Crippen LogP contribution in [0.4, 0.5) is 10.1 Å². The second kappa shape index (κ2) is 5.92. The lowest BCUT2D eigenvalue weighted by Gasteiger charge is -2.08. The van der Waals surface area contributed by atoms with Gasteiger partial charge in [0.15, 0.2) is 0 Å². The summed E-state index contributed by atoms with van der Waals surface area (Å²) in [4.78, 5) is 11.9. The number of rotatable bonds is 3. The van der Waals surface area contributed by atoms with E-state index < -0.39 is 11.8 Å². The fraction of sp³-hybridized carbons (Fsp3) is 0.133. The fourth-order valence-corrected chi connectivity index (χ4v) is 1.89. The quantitative estimate of drug-likeness (QED) is 0.693. The van der Waals surface area contributed by atoms with Crippen LogP contribution in [0.25, 0.3) is 0 Å². The van der Waals surface area contributed by atoms with Gasteiger partial charge < -0.3 is 10.5 Å². The molecule has 0 spiro atoms. The molecule has 2 aromatic carbocycles. The Morgan fingerprint density at radius 2 is 2.05 bits per heavy atom. The number of hydrogen-bond donors (Lipinski definition) is 1. The van der Waals surface area contributed by atoms with E-state index in [9.17, 15) is 9.18 Å². The Kier molecular flexibility index (Phi) is 4.25. The Hall–Kier alpha value is -2.07. The average molecular weight is 294 g/mol. The van der Waals surface area contributed by atoms with Crippen molar-refractivity contribution in [3.8, 4) is 0 Å². The first kappa shape index (κ1) is 14.3. The summed E-state index contributed by atoms with van der Waals surface area (Å²) in [6.07, 6.45) is 0. The van der Waals surface area contributed by atoms with Crippen LogP contribution in [-0.4, -0.2) is 5.97 Å². The van der Waals surface area contributed by atoms with Crippen LogP contribution in [0.1, 0.15) is 21.5 Å². The molecule has 0 aliphatic rings. The van der Waals surface area contributed by atoms with E-state index in [1.165, 1.54) is 12.1 Å². The van der Waals surface area contributed by atoms with Crippen molar-refractivity contribution in [2.45, 2.75) is 13.5 Å². The van der Waals surface area contributed by atoms with E-state index in [0.717, 1.165) is 5.56 Å². The first-order valence-electron chi connectivity index (χ1n) is 5.94. The van der Waals surface area contributed by atoms with Gasteiger partial charge in [0.2, 0.25) is 0 Å². The summed E-state index contributed by atoms with van der Waals surface area (Å²) in [5.41, 5.74) is 7.91. The third-order valence-electron chi connectivity index (χ3n) is 2.82. The highest BCUT2D eigenvalue weighted by atomic mass is 35.5. The van der Waals surface area contributed by atoms with Gasteiger partial charge in [0.1, 0.15) is 12.4 Å². The lowest BCUT2D eigenvalue weighted by Crippen LogP contribution is -2.07. The molecule has 0 saturated carbocycles. The second-order valence-corrected chi connectivity index (χ2v) is 4.81. The number of nitrogens with two attached hydrogens (primary N) is 1. The molecule has 0 heterocycles. The topological polar surface area (TPSA) is 52.3 Å². The van der Waals surface area contributed by atoms with Crippen molar-refractivity contribution in [2.75, 3.05) is 5.73 Å². The molecule has 2 N–H and O–H groups in total. The highest BCUT2D eigenvalue weighted by Gasteiger charge is 2.11. The molecular formula is C15H13ClFNO2. The Labute approximate surface area is 121 Å². The molecule has 2 rings (SSSR count). The van der Waals surface area contributed by atoms with Crippen molar-refractivity contribution in [3.63, 3.8) is 0 Å². The molecule has 5 heteroatoms. The highest BCUT2D eigenvalue weighted by Crippen LogP contribution is 2.18. The number of carbonyl (C=O) groups is 1. The third-order valence-corrected chi connectivity index (χ3v) is 3.13. The number of aryl methyl sites for hydroxylation is 1. The third kappa shape index (κ3) is 3.27. The van der Waals surface area contributed by atoms with E-state index in [2.05, 4.69) is 0 Å². The van der Waals surface area contributed by atoms with Crippen LogP contribution in [0, 0.1) is 12.7 Å². The molecule has 0 aromatic heterocycles. The van der Waals surface area contributed by atoms with E-state index in [1.807, 2.05) is 0 Å². The Balaban J connectivity index is 2.06. The molecular weight excluding hydrogens is 281 g/mol. The molecule has 104 valence electrons. The van der Waals surface area contributed by atoms with E-state index in [1.54, 1.807) is 31.2 Å². The molecule has 0 aliphatic carbocycles. The highest BCUT2D eigenvalue weighted by molar-refractivity contribution is 6.30. The van der Waals surface area contributed by atoms with E-state index in [-0.39, 0.29) is 11.6 Å².